The summed E-state index contributed by atoms with van der Waals surface area (Å²) in [6, 6.07) is 19.2. The predicted octanol–water partition coefficient (Wildman–Crippen LogP) is 22.7. The van der Waals surface area contributed by atoms with Gasteiger partial charge in [0.25, 0.3) is 0 Å². The van der Waals surface area contributed by atoms with E-state index in [1.54, 1.807) is 0 Å². The van der Waals surface area contributed by atoms with Crippen LogP contribution in [0.25, 0.3) is 0 Å². The van der Waals surface area contributed by atoms with Crippen LogP contribution in [0.3, 0.4) is 0 Å². The zero-order valence-corrected chi connectivity index (χ0v) is 68.1. The standard InChI is InChI=1S/C88H118P4/c1-39-89(73-65(81(15,16)17)53-61(77(3,4)5)54-66(73)82(18,19)20)47-41-43-49-91(75-69(85(27,28)29)57-63(79(9,10)11)58-70(75)86(30,31)32)51-45-46-52-92(76-71(87(33,34)35)59-64(80(12,13)14)60-72(76)88(36,37)38)50-44-42-48-90(40-2)74-67(83(21,22)23)55-62(78(6,7)8)56-68(74)84(24,25)26/h1-2,53-60H,3-38H3. The lowest BCUT2D eigenvalue weighted by Crippen LogP contribution is -2.31. The van der Waals surface area contributed by atoms with E-state index in [4.69, 9.17) is 12.8 Å². The lowest BCUT2D eigenvalue weighted by Gasteiger charge is -2.34. The lowest BCUT2D eigenvalue weighted by atomic mass is 9.75. The molecule has 0 heterocycles. The summed E-state index contributed by atoms with van der Waals surface area (Å²) in [4.78, 5) is 0. The lowest BCUT2D eigenvalue weighted by molar-refractivity contribution is 0.553. The van der Waals surface area contributed by atoms with Gasteiger partial charge in [-0.2, -0.15) is 0 Å². The molecule has 0 aliphatic carbocycles. The molecule has 4 atom stereocenters. The highest BCUT2D eigenvalue weighted by molar-refractivity contribution is 7.76. The van der Waals surface area contributed by atoms with Gasteiger partial charge in [0.15, 0.2) is 0 Å². The SMILES string of the molecule is C#CP(C#CC#CP(C#CC#CP(C#CC#CP(C#C)c1c(C(C)(C)C)cc(C(C)(C)C)cc1C(C)(C)C)c1c(C(C)(C)C)cc(C(C)(C)C)cc1C(C)(C)C)c1c(C(C)(C)C)cc(C(C)(C)C)cc1C(C)(C)C)c1c(C(C)(C)C)cc(C(C)(C)C)cc1C(C)(C)C. The highest BCUT2D eigenvalue weighted by atomic mass is 31.1. The quantitative estimate of drug-likeness (QED) is 0.141. The van der Waals surface area contributed by atoms with Crippen LogP contribution in [0.2, 0.25) is 0 Å². The van der Waals surface area contributed by atoms with Gasteiger partial charge >= 0.3 is 0 Å². The summed E-state index contributed by atoms with van der Waals surface area (Å²) in [5.41, 5.74) is 42.0. The van der Waals surface area contributed by atoms with Gasteiger partial charge in [-0.15, -0.1) is 12.8 Å². The maximum atomic E-state index is 6.62. The third-order valence-corrected chi connectivity index (χ3v) is 23.0. The monoisotopic (exact) mass is 1300 g/mol. The van der Waals surface area contributed by atoms with Crippen molar-refractivity contribution in [2.45, 2.75) is 314 Å². The highest BCUT2D eigenvalue weighted by Crippen LogP contribution is 2.48. The summed E-state index contributed by atoms with van der Waals surface area (Å²) < 4.78 is 0. The van der Waals surface area contributed by atoms with Gasteiger partial charge in [0.1, 0.15) is 0 Å². The van der Waals surface area contributed by atoms with Crippen molar-refractivity contribution >= 4 is 52.9 Å². The smallest absolute Gasteiger partial charge is 0.0838 e. The molecule has 0 radical (unpaired) electrons. The molecule has 92 heavy (non-hydrogen) atoms. The molecule has 4 aromatic rings. The van der Waals surface area contributed by atoms with Gasteiger partial charge < -0.3 is 0 Å². The summed E-state index contributed by atoms with van der Waals surface area (Å²) in [7, 11) is -5.71. The maximum Gasteiger partial charge on any atom is 0.0838 e. The van der Waals surface area contributed by atoms with Crippen molar-refractivity contribution in [1.29, 1.82) is 0 Å². The highest BCUT2D eigenvalue weighted by Gasteiger charge is 2.37. The van der Waals surface area contributed by atoms with E-state index in [-0.39, 0.29) is 65.0 Å². The van der Waals surface area contributed by atoms with E-state index in [0.717, 1.165) is 0 Å². The fourth-order valence-electron chi connectivity index (χ4n) is 10.9. The molecule has 490 valence electrons. The van der Waals surface area contributed by atoms with E-state index in [2.05, 4.69) is 379 Å². The van der Waals surface area contributed by atoms with Crippen molar-refractivity contribution in [1.82, 2.24) is 0 Å². The number of hydrogen-bond acceptors (Lipinski definition) is 0. The van der Waals surface area contributed by atoms with Crippen molar-refractivity contribution in [3.05, 3.63) is 115 Å². The molecule has 0 nitrogen and oxygen atoms in total. The van der Waals surface area contributed by atoms with Gasteiger partial charge in [0.05, 0.1) is 31.7 Å². The van der Waals surface area contributed by atoms with Crippen LogP contribution in [0, 0.1) is 93.7 Å². The van der Waals surface area contributed by atoms with Gasteiger partial charge in [-0.3, -0.25) is 0 Å². The van der Waals surface area contributed by atoms with Crippen LogP contribution >= 0.6 is 31.7 Å². The summed E-state index contributed by atoms with van der Waals surface area (Å²) >= 11 is 0. The van der Waals surface area contributed by atoms with Gasteiger partial charge in [0.2, 0.25) is 0 Å². The fraction of sp³-hybridized carbons (Fsp3) is 0.545. The van der Waals surface area contributed by atoms with Crippen molar-refractivity contribution in [3.8, 4) is 93.7 Å². The van der Waals surface area contributed by atoms with Gasteiger partial charge in [-0.25, -0.2) is 0 Å². The molecule has 0 bridgehead atoms. The van der Waals surface area contributed by atoms with Crippen molar-refractivity contribution in [2.24, 2.45) is 0 Å². The third-order valence-electron chi connectivity index (χ3n) is 16.7. The van der Waals surface area contributed by atoms with Crippen LogP contribution in [0.15, 0.2) is 48.5 Å². The van der Waals surface area contributed by atoms with E-state index in [0.29, 0.717) is 0 Å². The average Bonchev–Trinajstić information content (AvgIpc) is 0.782. The molecule has 4 aromatic carbocycles. The zero-order chi connectivity index (χ0) is 71.1. The van der Waals surface area contributed by atoms with Crippen LogP contribution in [0.5, 0.6) is 0 Å². The minimum Gasteiger partial charge on any atom is -0.114 e. The molecule has 4 rings (SSSR count). The molecule has 0 amide bonds. The number of hydrogen-bond donors (Lipinski definition) is 0. The second-order valence-electron chi connectivity index (χ2n) is 37.7. The largest absolute Gasteiger partial charge is 0.114 e. The topological polar surface area (TPSA) is 0 Å². The Labute approximate surface area is 572 Å². The Hall–Kier alpha value is -4.92. The average molecular weight is 1300 g/mol. The maximum absolute atomic E-state index is 6.62. The van der Waals surface area contributed by atoms with E-state index >= 15 is 0 Å². The molecule has 0 saturated carbocycles. The normalized spacial score (nSPS) is 14.2. The van der Waals surface area contributed by atoms with Crippen LogP contribution in [0.4, 0.5) is 0 Å². The number of rotatable bonds is 4. The summed E-state index contributed by atoms with van der Waals surface area (Å²) in [5, 5.41) is 4.72. The molecular formula is C88H118P4. The summed E-state index contributed by atoms with van der Waals surface area (Å²) in [5.74, 6) is 20.7. The van der Waals surface area contributed by atoms with Crippen molar-refractivity contribution < 1.29 is 0 Å². The Morgan fingerprint density at radius 2 is 0.315 bits per heavy atom. The molecule has 0 N–H and O–H groups in total. The fourth-order valence-corrected chi connectivity index (χ4v) is 18.2. The van der Waals surface area contributed by atoms with Gasteiger partial charge in [-0.05, 0) is 201 Å². The van der Waals surface area contributed by atoms with Crippen molar-refractivity contribution in [3.63, 3.8) is 0 Å². The Kier molecular flexibility index (Phi) is 24.2. The molecule has 0 fully saturated rings. The van der Waals surface area contributed by atoms with Crippen LogP contribution in [0.1, 0.15) is 316 Å². The Balaban J connectivity index is 2.28. The molecule has 4 unspecified atom stereocenters. The van der Waals surface area contributed by atoms with E-state index in [1.165, 1.54) is 88.0 Å². The van der Waals surface area contributed by atoms with E-state index in [9.17, 15) is 0 Å². The Morgan fingerprint density at radius 3 is 0.424 bits per heavy atom. The first-order valence-corrected chi connectivity index (χ1v) is 38.5. The molecule has 0 aliphatic rings. The number of benzene rings is 4. The second kappa shape index (κ2) is 28.0. The number of terminal acetylenes is 2. The predicted molar refractivity (Wildman–Crippen MR) is 421 cm³/mol. The van der Waals surface area contributed by atoms with Crippen LogP contribution in [-0.2, 0) is 65.0 Å². The van der Waals surface area contributed by atoms with E-state index in [1.807, 2.05) is 0 Å². The Bertz CT molecular complexity index is 3520. The molecule has 0 saturated heterocycles. The first kappa shape index (κ1) is 79.5. The first-order valence-electron chi connectivity index (χ1n) is 33.1. The zero-order valence-electron chi connectivity index (χ0n) is 64.6. The van der Waals surface area contributed by atoms with Crippen LogP contribution < -0.4 is 21.2 Å². The van der Waals surface area contributed by atoms with E-state index < -0.39 is 31.7 Å². The molecule has 0 aliphatic heterocycles. The summed E-state index contributed by atoms with van der Waals surface area (Å²) in [6.45, 7) is 82.7. The summed E-state index contributed by atoms with van der Waals surface area (Å²) in [6.07, 6.45) is 13.2. The molecule has 0 spiro atoms. The first-order chi connectivity index (χ1) is 41.2. The second-order valence-corrected chi connectivity index (χ2v) is 44.0. The Morgan fingerprint density at radius 1 is 0.196 bits per heavy atom. The molecule has 4 heteroatoms. The van der Waals surface area contributed by atoms with Crippen LogP contribution in [-0.4, -0.2) is 0 Å². The third kappa shape index (κ3) is 20.3. The minimum absolute atomic E-state index is 0.0479. The van der Waals surface area contributed by atoms with Gasteiger partial charge in [0, 0.05) is 21.2 Å². The molecular weight excluding hydrogens is 1180 g/mol. The minimum atomic E-state index is -1.50. The van der Waals surface area contributed by atoms with Crippen molar-refractivity contribution in [2.75, 3.05) is 0 Å². The molecule has 0 aromatic heterocycles. The van der Waals surface area contributed by atoms with Gasteiger partial charge in [-0.1, -0.05) is 309 Å².